The van der Waals surface area contributed by atoms with E-state index >= 15 is 0 Å². The Hall–Kier alpha value is -0.570. The van der Waals surface area contributed by atoms with Gasteiger partial charge in [0.05, 0.1) is 6.04 Å². The highest BCUT2D eigenvalue weighted by atomic mass is 16.2. The largest absolute Gasteiger partial charge is 0.354 e. The molecule has 1 saturated carbocycles. The van der Waals surface area contributed by atoms with Gasteiger partial charge in [-0.05, 0) is 30.6 Å². The lowest BCUT2D eigenvalue weighted by molar-refractivity contribution is -0.122. The quantitative estimate of drug-likeness (QED) is 0.696. The molecular formula is C11H22N2O. The average Bonchev–Trinajstić information content (AvgIpc) is 2.76. The standard InChI is InChI=1S/C11H22N2O/c1-7(2)4-10(12)11(14)13-6-9-5-8(9)3/h7-10H,4-6,12H2,1-3H3,(H,13,14)/t8?,9?,10-/m0/s1. The second kappa shape index (κ2) is 4.78. The fraction of sp³-hybridized carbons (Fsp3) is 0.909. The first-order valence-corrected chi connectivity index (χ1v) is 5.54. The zero-order valence-corrected chi connectivity index (χ0v) is 9.42. The highest BCUT2D eigenvalue weighted by Gasteiger charge is 2.32. The van der Waals surface area contributed by atoms with E-state index in [-0.39, 0.29) is 11.9 Å². The molecule has 1 aliphatic carbocycles. The first-order valence-electron chi connectivity index (χ1n) is 5.54. The number of nitrogens with two attached hydrogens (primary N) is 1. The molecule has 3 atom stereocenters. The first kappa shape index (κ1) is 11.5. The normalized spacial score (nSPS) is 27.5. The summed E-state index contributed by atoms with van der Waals surface area (Å²) in [5.74, 6) is 1.98. The summed E-state index contributed by atoms with van der Waals surface area (Å²) in [5, 5.41) is 2.92. The van der Waals surface area contributed by atoms with Crippen molar-refractivity contribution in [3.05, 3.63) is 0 Å². The summed E-state index contributed by atoms with van der Waals surface area (Å²) in [5.41, 5.74) is 5.75. The minimum Gasteiger partial charge on any atom is -0.354 e. The third-order valence-electron chi connectivity index (χ3n) is 2.88. The van der Waals surface area contributed by atoms with E-state index in [0.717, 1.165) is 18.9 Å². The van der Waals surface area contributed by atoms with E-state index in [9.17, 15) is 4.79 Å². The number of carbonyl (C=O) groups is 1. The van der Waals surface area contributed by atoms with Crippen LogP contribution in [-0.4, -0.2) is 18.5 Å². The van der Waals surface area contributed by atoms with E-state index < -0.39 is 0 Å². The van der Waals surface area contributed by atoms with E-state index in [0.29, 0.717) is 11.8 Å². The maximum atomic E-state index is 11.5. The highest BCUT2D eigenvalue weighted by Crippen LogP contribution is 2.36. The summed E-state index contributed by atoms with van der Waals surface area (Å²) in [4.78, 5) is 11.5. The van der Waals surface area contributed by atoms with E-state index in [1.807, 2.05) is 0 Å². The summed E-state index contributed by atoms with van der Waals surface area (Å²) in [6, 6.07) is -0.330. The molecule has 3 N–H and O–H groups in total. The van der Waals surface area contributed by atoms with Crippen molar-refractivity contribution in [3.63, 3.8) is 0 Å². The van der Waals surface area contributed by atoms with E-state index in [4.69, 9.17) is 5.73 Å². The van der Waals surface area contributed by atoms with Gasteiger partial charge in [-0.25, -0.2) is 0 Å². The number of rotatable bonds is 5. The molecule has 0 aliphatic heterocycles. The SMILES string of the molecule is CC(C)C[C@H](N)C(=O)NCC1CC1C. The number of carbonyl (C=O) groups excluding carboxylic acids is 1. The molecule has 82 valence electrons. The number of hydrogen-bond acceptors (Lipinski definition) is 2. The molecule has 0 radical (unpaired) electrons. The van der Waals surface area contributed by atoms with Crippen LogP contribution in [0.1, 0.15) is 33.6 Å². The molecule has 1 fully saturated rings. The van der Waals surface area contributed by atoms with Gasteiger partial charge in [-0.15, -0.1) is 0 Å². The van der Waals surface area contributed by atoms with Crippen molar-refractivity contribution in [2.45, 2.75) is 39.7 Å². The van der Waals surface area contributed by atoms with Gasteiger partial charge >= 0.3 is 0 Å². The molecular weight excluding hydrogens is 176 g/mol. The average molecular weight is 198 g/mol. The van der Waals surface area contributed by atoms with Crippen molar-refractivity contribution in [1.82, 2.24) is 5.32 Å². The van der Waals surface area contributed by atoms with Gasteiger partial charge < -0.3 is 11.1 Å². The molecule has 1 amide bonds. The summed E-state index contributed by atoms with van der Waals surface area (Å²) in [7, 11) is 0. The van der Waals surface area contributed by atoms with Crippen LogP contribution in [0.15, 0.2) is 0 Å². The third kappa shape index (κ3) is 3.66. The molecule has 1 rings (SSSR count). The summed E-state index contributed by atoms with van der Waals surface area (Å²) in [6.07, 6.45) is 2.02. The lowest BCUT2D eigenvalue weighted by atomic mass is 10.0. The van der Waals surface area contributed by atoms with Crippen molar-refractivity contribution in [2.24, 2.45) is 23.5 Å². The Morgan fingerprint density at radius 2 is 2.14 bits per heavy atom. The number of hydrogen-bond donors (Lipinski definition) is 2. The van der Waals surface area contributed by atoms with Crippen LogP contribution in [-0.2, 0) is 4.79 Å². The second-order valence-electron chi connectivity index (χ2n) is 4.95. The van der Waals surface area contributed by atoms with Gasteiger partial charge in [0, 0.05) is 6.54 Å². The Kier molecular flexibility index (Phi) is 3.93. The van der Waals surface area contributed by atoms with E-state index in [1.165, 1.54) is 6.42 Å². The van der Waals surface area contributed by atoms with Gasteiger partial charge in [0.2, 0.25) is 5.91 Å². The van der Waals surface area contributed by atoms with Crippen molar-refractivity contribution < 1.29 is 4.79 Å². The van der Waals surface area contributed by atoms with Crippen LogP contribution in [0.2, 0.25) is 0 Å². The van der Waals surface area contributed by atoms with Crippen LogP contribution in [0.4, 0.5) is 0 Å². The fourth-order valence-corrected chi connectivity index (χ4v) is 1.66. The Labute approximate surface area is 86.4 Å². The molecule has 3 nitrogen and oxygen atoms in total. The van der Waals surface area contributed by atoms with Crippen molar-refractivity contribution in [3.8, 4) is 0 Å². The zero-order valence-electron chi connectivity index (χ0n) is 9.42. The summed E-state index contributed by atoms with van der Waals surface area (Å²) in [6.45, 7) is 7.18. The molecule has 0 heterocycles. The molecule has 0 bridgehead atoms. The number of nitrogens with one attached hydrogen (secondary N) is 1. The van der Waals surface area contributed by atoms with Gasteiger partial charge in [0.1, 0.15) is 0 Å². The van der Waals surface area contributed by atoms with Gasteiger partial charge in [-0.2, -0.15) is 0 Å². The predicted molar refractivity (Wildman–Crippen MR) is 57.7 cm³/mol. The Morgan fingerprint density at radius 3 is 2.57 bits per heavy atom. The van der Waals surface area contributed by atoms with Crippen LogP contribution in [0.25, 0.3) is 0 Å². The monoisotopic (exact) mass is 198 g/mol. The second-order valence-corrected chi connectivity index (χ2v) is 4.95. The Morgan fingerprint density at radius 1 is 1.57 bits per heavy atom. The molecule has 2 unspecified atom stereocenters. The summed E-state index contributed by atoms with van der Waals surface area (Å²) >= 11 is 0. The third-order valence-corrected chi connectivity index (χ3v) is 2.88. The van der Waals surface area contributed by atoms with Crippen LogP contribution in [0.3, 0.4) is 0 Å². The molecule has 3 heteroatoms. The van der Waals surface area contributed by atoms with Crippen LogP contribution >= 0.6 is 0 Å². The maximum Gasteiger partial charge on any atom is 0.236 e. The predicted octanol–water partition coefficient (Wildman–Crippen LogP) is 1.13. The molecule has 0 aromatic heterocycles. The maximum absolute atomic E-state index is 11.5. The molecule has 0 aromatic carbocycles. The van der Waals surface area contributed by atoms with E-state index in [1.54, 1.807) is 0 Å². The van der Waals surface area contributed by atoms with Gasteiger partial charge in [0.15, 0.2) is 0 Å². The Balaban J connectivity index is 2.13. The van der Waals surface area contributed by atoms with Crippen molar-refractivity contribution in [2.75, 3.05) is 6.54 Å². The summed E-state index contributed by atoms with van der Waals surface area (Å²) < 4.78 is 0. The van der Waals surface area contributed by atoms with Gasteiger partial charge in [0.25, 0.3) is 0 Å². The zero-order chi connectivity index (χ0) is 10.7. The fourth-order valence-electron chi connectivity index (χ4n) is 1.66. The van der Waals surface area contributed by atoms with Crippen LogP contribution in [0, 0.1) is 17.8 Å². The molecule has 0 aromatic rings. The Bertz CT molecular complexity index is 203. The van der Waals surface area contributed by atoms with Crippen molar-refractivity contribution >= 4 is 5.91 Å². The van der Waals surface area contributed by atoms with Gasteiger partial charge in [-0.1, -0.05) is 20.8 Å². The van der Waals surface area contributed by atoms with E-state index in [2.05, 4.69) is 26.1 Å². The minimum absolute atomic E-state index is 0.0119. The van der Waals surface area contributed by atoms with Gasteiger partial charge in [-0.3, -0.25) is 4.79 Å². The minimum atomic E-state index is -0.330. The number of amides is 1. The molecule has 1 aliphatic rings. The lowest BCUT2D eigenvalue weighted by Crippen LogP contribution is -2.42. The van der Waals surface area contributed by atoms with Crippen LogP contribution < -0.4 is 11.1 Å². The first-order chi connectivity index (χ1) is 6.50. The van der Waals surface area contributed by atoms with Crippen molar-refractivity contribution in [1.29, 1.82) is 0 Å². The molecule has 14 heavy (non-hydrogen) atoms. The topological polar surface area (TPSA) is 55.1 Å². The highest BCUT2D eigenvalue weighted by molar-refractivity contribution is 5.81. The smallest absolute Gasteiger partial charge is 0.236 e. The van der Waals surface area contributed by atoms with Crippen LogP contribution in [0.5, 0.6) is 0 Å². The lowest BCUT2D eigenvalue weighted by Gasteiger charge is -2.13. The molecule has 0 spiro atoms. The molecule has 0 saturated heterocycles.